The third-order valence-electron chi connectivity index (χ3n) is 4.51. The molecule has 0 saturated carbocycles. The summed E-state index contributed by atoms with van der Waals surface area (Å²) in [5, 5.41) is 0. The first-order valence-electron chi connectivity index (χ1n) is 8.04. The number of hydrogen-bond donors (Lipinski definition) is 1. The Hall–Kier alpha value is -2.06. The van der Waals surface area contributed by atoms with Crippen LogP contribution in [0.15, 0.2) is 35.5 Å². The van der Waals surface area contributed by atoms with Crippen molar-refractivity contribution in [2.45, 2.75) is 23.7 Å². The normalized spacial score (nSPS) is 19.3. The Kier molecular flexibility index (Phi) is 3.93. The Morgan fingerprint density at radius 3 is 2.58 bits per heavy atom. The van der Waals surface area contributed by atoms with Crippen LogP contribution in [0, 0.1) is 0 Å². The SMILES string of the molecule is O=S(=O)(c1ccc2c(c1)OCCO2)N1CCC(c2ncc[nH]2)CC1. The third-order valence-corrected chi connectivity index (χ3v) is 6.41. The van der Waals surface area contributed by atoms with Crippen molar-refractivity contribution in [2.75, 3.05) is 26.3 Å². The van der Waals surface area contributed by atoms with Gasteiger partial charge in [0, 0.05) is 37.5 Å². The Bertz CT molecular complexity index is 812. The van der Waals surface area contributed by atoms with Crippen LogP contribution in [-0.4, -0.2) is 49.0 Å². The smallest absolute Gasteiger partial charge is 0.243 e. The van der Waals surface area contributed by atoms with Crippen molar-refractivity contribution in [3.05, 3.63) is 36.4 Å². The lowest BCUT2D eigenvalue weighted by atomic mass is 9.98. The molecule has 0 bridgehead atoms. The second-order valence-electron chi connectivity index (χ2n) is 5.96. The highest BCUT2D eigenvalue weighted by molar-refractivity contribution is 7.89. The maximum absolute atomic E-state index is 12.9. The number of ether oxygens (including phenoxy) is 2. The molecular formula is C16H19N3O4S. The van der Waals surface area contributed by atoms with Crippen LogP contribution < -0.4 is 9.47 Å². The number of benzene rings is 1. The predicted octanol–water partition coefficient (Wildman–Crippen LogP) is 1.75. The van der Waals surface area contributed by atoms with Gasteiger partial charge in [0.15, 0.2) is 11.5 Å². The van der Waals surface area contributed by atoms with Gasteiger partial charge in [0.05, 0.1) is 4.90 Å². The van der Waals surface area contributed by atoms with Crippen LogP contribution in [0.25, 0.3) is 0 Å². The van der Waals surface area contributed by atoms with Gasteiger partial charge in [-0.15, -0.1) is 0 Å². The topological polar surface area (TPSA) is 84.5 Å². The Labute approximate surface area is 140 Å². The molecule has 0 unspecified atom stereocenters. The molecule has 1 N–H and O–H groups in total. The average Bonchev–Trinajstić information content (AvgIpc) is 3.16. The average molecular weight is 349 g/mol. The number of imidazole rings is 1. The monoisotopic (exact) mass is 349 g/mol. The fourth-order valence-electron chi connectivity index (χ4n) is 3.20. The number of aromatic nitrogens is 2. The molecule has 0 atom stereocenters. The van der Waals surface area contributed by atoms with E-state index in [4.69, 9.17) is 9.47 Å². The summed E-state index contributed by atoms with van der Waals surface area (Å²) in [6.07, 6.45) is 5.05. The molecule has 0 aliphatic carbocycles. The van der Waals surface area contributed by atoms with Gasteiger partial charge in [-0.3, -0.25) is 0 Å². The van der Waals surface area contributed by atoms with Crippen LogP contribution in [0.3, 0.4) is 0 Å². The quantitative estimate of drug-likeness (QED) is 0.912. The van der Waals surface area contributed by atoms with Crippen LogP contribution in [-0.2, 0) is 10.0 Å². The lowest BCUT2D eigenvalue weighted by Gasteiger charge is -2.30. The molecule has 2 aromatic rings. The van der Waals surface area contributed by atoms with Crippen LogP contribution in [0.2, 0.25) is 0 Å². The van der Waals surface area contributed by atoms with Crippen molar-refractivity contribution in [2.24, 2.45) is 0 Å². The van der Waals surface area contributed by atoms with Crippen molar-refractivity contribution in [1.29, 1.82) is 0 Å². The fraction of sp³-hybridized carbons (Fsp3) is 0.438. The highest BCUT2D eigenvalue weighted by Gasteiger charge is 2.31. The number of nitrogens with zero attached hydrogens (tertiary/aromatic N) is 2. The first-order chi connectivity index (χ1) is 11.6. The van der Waals surface area contributed by atoms with E-state index >= 15 is 0 Å². The highest BCUT2D eigenvalue weighted by Crippen LogP contribution is 2.34. The Morgan fingerprint density at radius 2 is 1.88 bits per heavy atom. The largest absolute Gasteiger partial charge is 0.486 e. The van der Waals surface area contributed by atoms with E-state index in [0.29, 0.717) is 37.8 Å². The Morgan fingerprint density at radius 1 is 1.12 bits per heavy atom. The molecule has 1 aromatic carbocycles. The summed E-state index contributed by atoms with van der Waals surface area (Å²) >= 11 is 0. The van der Waals surface area contributed by atoms with Gasteiger partial charge in [-0.1, -0.05) is 0 Å². The summed E-state index contributed by atoms with van der Waals surface area (Å²) in [4.78, 5) is 7.65. The molecule has 1 fully saturated rings. The van der Waals surface area contributed by atoms with Gasteiger partial charge in [-0.2, -0.15) is 4.31 Å². The van der Waals surface area contributed by atoms with E-state index in [2.05, 4.69) is 9.97 Å². The van der Waals surface area contributed by atoms with Gasteiger partial charge in [-0.25, -0.2) is 13.4 Å². The molecule has 4 rings (SSSR count). The molecule has 0 radical (unpaired) electrons. The van der Waals surface area contributed by atoms with Crippen molar-refractivity contribution >= 4 is 10.0 Å². The molecule has 0 amide bonds. The number of rotatable bonds is 3. The van der Waals surface area contributed by atoms with E-state index in [9.17, 15) is 8.42 Å². The minimum Gasteiger partial charge on any atom is -0.486 e. The summed E-state index contributed by atoms with van der Waals surface area (Å²) < 4.78 is 38.2. The van der Waals surface area contributed by atoms with Crippen molar-refractivity contribution in [3.63, 3.8) is 0 Å². The number of piperidine rings is 1. The zero-order chi connectivity index (χ0) is 16.6. The van der Waals surface area contributed by atoms with Gasteiger partial charge >= 0.3 is 0 Å². The number of H-pyrrole nitrogens is 1. The molecule has 3 heterocycles. The van der Waals surface area contributed by atoms with E-state index in [1.165, 1.54) is 4.31 Å². The standard InChI is InChI=1S/C16H19N3O4S/c20-24(21,13-1-2-14-15(11-13)23-10-9-22-14)19-7-3-12(4-8-19)16-17-5-6-18-16/h1-2,5-6,11-12H,3-4,7-10H2,(H,17,18). The van der Waals surface area contributed by atoms with E-state index in [1.54, 1.807) is 30.6 Å². The lowest BCUT2D eigenvalue weighted by Crippen LogP contribution is -2.38. The molecule has 0 spiro atoms. The van der Waals surface area contributed by atoms with Gasteiger partial charge < -0.3 is 14.5 Å². The molecule has 128 valence electrons. The maximum atomic E-state index is 12.9. The molecule has 8 heteroatoms. The van der Waals surface area contributed by atoms with E-state index in [1.807, 2.05) is 0 Å². The lowest BCUT2D eigenvalue weighted by molar-refractivity contribution is 0.171. The first-order valence-corrected chi connectivity index (χ1v) is 9.48. The minimum atomic E-state index is -3.52. The van der Waals surface area contributed by atoms with E-state index < -0.39 is 10.0 Å². The molecular weight excluding hydrogens is 330 g/mol. The van der Waals surface area contributed by atoms with E-state index in [0.717, 1.165) is 18.7 Å². The summed E-state index contributed by atoms with van der Waals surface area (Å²) in [6.45, 7) is 1.90. The van der Waals surface area contributed by atoms with Gasteiger partial charge in [0.2, 0.25) is 10.0 Å². The minimum absolute atomic E-state index is 0.253. The summed E-state index contributed by atoms with van der Waals surface area (Å²) in [7, 11) is -3.52. The molecule has 1 aromatic heterocycles. The first kappa shape index (κ1) is 15.5. The van der Waals surface area contributed by atoms with Crippen LogP contribution in [0.4, 0.5) is 0 Å². The zero-order valence-electron chi connectivity index (χ0n) is 13.1. The molecule has 2 aliphatic rings. The van der Waals surface area contributed by atoms with Gasteiger partial charge in [0.25, 0.3) is 0 Å². The van der Waals surface area contributed by atoms with Crippen LogP contribution in [0.5, 0.6) is 11.5 Å². The van der Waals surface area contributed by atoms with Crippen LogP contribution in [0.1, 0.15) is 24.6 Å². The molecule has 1 saturated heterocycles. The zero-order valence-corrected chi connectivity index (χ0v) is 14.0. The number of fused-ring (bicyclic) bond motifs is 1. The molecule has 2 aliphatic heterocycles. The fourth-order valence-corrected chi connectivity index (χ4v) is 4.69. The van der Waals surface area contributed by atoms with E-state index in [-0.39, 0.29) is 10.8 Å². The van der Waals surface area contributed by atoms with Crippen molar-refractivity contribution in [1.82, 2.24) is 14.3 Å². The van der Waals surface area contributed by atoms with Crippen molar-refractivity contribution in [3.8, 4) is 11.5 Å². The van der Waals surface area contributed by atoms with Crippen molar-refractivity contribution < 1.29 is 17.9 Å². The number of hydrogen-bond acceptors (Lipinski definition) is 5. The maximum Gasteiger partial charge on any atom is 0.243 e. The highest BCUT2D eigenvalue weighted by atomic mass is 32.2. The van der Waals surface area contributed by atoms with Gasteiger partial charge in [0.1, 0.15) is 19.0 Å². The number of nitrogens with one attached hydrogen (secondary N) is 1. The summed E-state index contributed by atoms with van der Waals surface area (Å²) in [5.41, 5.74) is 0. The van der Waals surface area contributed by atoms with Crippen LogP contribution >= 0.6 is 0 Å². The predicted molar refractivity (Wildman–Crippen MR) is 86.8 cm³/mol. The molecule has 24 heavy (non-hydrogen) atoms. The molecule has 7 nitrogen and oxygen atoms in total. The Balaban J connectivity index is 1.51. The number of aromatic amines is 1. The summed E-state index contributed by atoms with van der Waals surface area (Å²) in [5.74, 6) is 2.31. The number of sulfonamides is 1. The van der Waals surface area contributed by atoms with Gasteiger partial charge in [-0.05, 0) is 25.0 Å². The summed E-state index contributed by atoms with van der Waals surface area (Å²) in [6, 6.07) is 4.81. The third kappa shape index (κ3) is 2.76. The second-order valence-corrected chi connectivity index (χ2v) is 7.90. The second kappa shape index (κ2) is 6.10.